The molecule has 0 saturated carbocycles. The molecule has 0 saturated heterocycles. The standard InChI is InChI=1S/C14H17F2NO3/c1-3-10(2)13(7-8-17(18)19)20-9-11-5-4-6-12(15)14(11)16/h4-8,10,13H,3,9H2,1-2H3/t10-,13+/m0/s1. The molecule has 4 nitrogen and oxygen atoms in total. The van der Waals surface area contributed by atoms with E-state index >= 15 is 0 Å². The molecule has 0 aromatic heterocycles. The Morgan fingerprint density at radius 2 is 2.15 bits per heavy atom. The van der Waals surface area contributed by atoms with E-state index in [1.807, 2.05) is 13.8 Å². The lowest BCUT2D eigenvalue weighted by Gasteiger charge is -2.19. The number of nitro groups is 1. The third kappa shape index (κ3) is 4.70. The monoisotopic (exact) mass is 285 g/mol. The molecule has 0 fully saturated rings. The van der Waals surface area contributed by atoms with Crippen LogP contribution in [-0.4, -0.2) is 11.0 Å². The summed E-state index contributed by atoms with van der Waals surface area (Å²) in [5, 5.41) is 10.3. The first kappa shape index (κ1) is 16.2. The van der Waals surface area contributed by atoms with Crippen molar-refractivity contribution >= 4 is 0 Å². The molecule has 0 spiro atoms. The number of benzene rings is 1. The summed E-state index contributed by atoms with van der Waals surface area (Å²) in [5.41, 5.74) is 0.0906. The molecule has 1 aromatic rings. The summed E-state index contributed by atoms with van der Waals surface area (Å²) in [4.78, 5) is 9.76. The molecule has 1 aromatic carbocycles. The first-order valence-electron chi connectivity index (χ1n) is 6.32. The molecule has 0 unspecified atom stereocenters. The molecule has 20 heavy (non-hydrogen) atoms. The van der Waals surface area contributed by atoms with Crippen LogP contribution in [0.1, 0.15) is 25.8 Å². The van der Waals surface area contributed by atoms with Crippen LogP contribution in [0.4, 0.5) is 8.78 Å². The fourth-order valence-electron chi connectivity index (χ4n) is 1.64. The highest BCUT2D eigenvalue weighted by Gasteiger charge is 2.16. The Morgan fingerprint density at radius 1 is 1.45 bits per heavy atom. The number of ether oxygens (including phenoxy) is 1. The lowest BCUT2D eigenvalue weighted by Crippen LogP contribution is -2.19. The van der Waals surface area contributed by atoms with E-state index in [0.29, 0.717) is 0 Å². The molecule has 1 rings (SSSR count). The molecule has 0 aliphatic carbocycles. The number of rotatable bonds is 7. The van der Waals surface area contributed by atoms with Crippen molar-refractivity contribution in [2.75, 3.05) is 0 Å². The molecule has 110 valence electrons. The van der Waals surface area contributed by atoms with Gasteiger partial charge in [0.2, 0.25) is 6.20 Å². The van der Waals surface area contributed by atoms with Crippen LogP contribution < -0.4 is 0 Å². The lowest BCUT2D eigenvalue weighted by molar-refractivity contribution is -0.403. The fraction of sp³-hybridized carbons (Fsp3) is 0.429. The van der Waals surface area contributed by atoms with Crippen LogP contribution >= 0.6 is 0 Å². The van der Waals surface area contributed by atoms with Gasteiger partial charge in [-0.05, 0) is 12.0 Å². The summed E-state index contributed by atoms with van der Waals surface area (Å²) < 4.78 is 32.0. The van der Waals surface area contributed by atoms with Crippen LogP contribution in [0.5, 0.6) is 0 Å². The van der Waals surface area contributed by atoms with E-state index < -0.39 is 22.7 Å². The number of halogens is 2. The molecule has 0 aliphatic rings. The van der Waals surface area contributed by atoms with Crippen molar-refractivity contribution in [1.82, 2.24) is 0 Å². The molecule has 0 N–H and O–H groups in total. The second kappa shape index (κ2) is 7.69. The quantitative estimate of drug-likeness (QED) is 0.567. The molecule has 2 atom stereocenters. The molecular weight excluding hydrogens is 268 g/mol. The smallest absolute Gasteiger partial charge is 0.233 e. The minimum atomic E-state index is -0.950. The van der Waals surface area contributed by atoms with Crippen LogP contribution in [0, 0.1) is 27.7 Å². The van der Waals surface area contributed by atoms with Gasteiger partial charge in [-0.25, -0.2) is 8.78 Å². The highest BCUT2D eigenvalue weighted by molar-refractivity contribution is 5.18. The maximum absolute atomic E-state index is 13.5. The summed E-state index contributed by atoms with van der Waals surface area (Å²) in [6, 6.07) is 3.84. The molecule has 0 radical (unpaired) electrons. The summed E-state index contributed by atoms with van der Waals surface area (Å²) in [6.45, 7) is 3.65. The van der Waals surface area contributed by atoms with Crippen LogP contribution in [0.15, 0.2) is 30.5 Å². The maximum atomic E-state index is 13.5. The maximum Gasteiger partial charge on any atom is 0.233 e. The second-order valence-corrected chi connectivity index (χ2v) is 4.50. The first-order chi connectivity index (χ1) is 9.45. The van der Waals surface area contributed by atoms with Crippen molar-refractivity contribution in [3.63, 3.8) is 0 Å². The number of nitrogens with zero attached hydrogens (tertiary/aromatic N) is 1. The van der Waals surface area contributed by atoms with E-state index in [2.05, 4.69) is 0 Å². The van der Waals surface area contributed by atoms with Crippen molar-refractivity contribution in [1.29, 1.82) is 0 Å². The lowest BCUT2D eigenvalue weighted by atomic mass is 10.0. The Kier molecular flexibility index (Phi) is 6.24. The zero-order valence-corrected chi connectivity index (χ0v) is 11.4. The van der Waals surface area contributed by atoms with Crippen molar-refractivity contribution in [3.05, 3.63) is 57.8 Å². The van der Waals surface area contributed by atoms with Crippen molar-refractivity contribution in [2.45, 2.75) is 33.0 Å². The minimum Gasteiger partial charge on any atom is -0.369 e. The van der Waals surface area contributed by atoms with E-state index in [9.17, 15) is 18.9 Å². The van der Waals surface area contributed by atoms with Crippen LogP contribution in [0.2, 0.25) is 0 Å². The summed E-state index contributed by atoms with van der Waals surface area (Å²) in [6.07, 6.45) is 2.36. The zero-order valence-electron chi connectivity index (χ0n) is 11.4. The summed E-state index contributed by atoms with van der Waals surface area (Å²) in [5.74, 6) is -1.86. The predicted molar refractivity (Wildman–Crippen MR) is 70.5 cm³/mol. The van der Waals surface area contributed by atoms with Gasteiger partial charge >= 0.3 is 0 Å². The van der Waals surface area contributed by atoms with E-state index in [1.165, 1.54) is 18.2 Å². The Hall–Kier alpha value is -1.82. The van der Waals surface area contributed by atoms with Gasteiger partial charge in [0, 0.05) is 11.6 Å². The van der Waals surface area contributed by atoms with Gasteiger partial charge in [-0.2, -0.15) is 0 Å². The molecule has 0 amide bonds. The molecule has 0 heterocycles. The van der Waals surface area contributed by atoms with Crippen LogP contribution in [0.25, 0.3) is 0 Å². The predicted octanol–water partition coefficient (Wildman–Crippen LogP) is 3.69. The summed E-state index contributed by atoms with van der Waals surface area (Å²) >= 11 is 0. The SMILES string of the molecule is CC[C@H](C)[C@@H](C=C[N+](=O)[O-])OCc1cccc(F)c1F. The van der Waals surface area contributed by atoms with Gasteiger partial charge in [0.15, 0.2) is 11.6 Å². The van der Waals surface area contributed by atoms with E-state index in [-0.39, 0.29) is 18.1 Å². The minimum absolute atomic E-state index is 0.0304. The van der Waals surface area contributed by atoms with Gasteiger partial charge in [0.1, 0.15) is 0 Å². The van der Waals surface area contributed by atoms with Gasteiger partial charge in [-0.3, -0.25) is 10.1 Å². The Balaban J connectivity index is 2.75. The van der Waals surface area contributed by atoms with Gasteiger partial charge in [0.25, 0.3) is 0 Å². The third-order valence-corrected chi connectivity index (χ3v) is 3.07. The first-order valence-corrected chi connectivity index (χ1v) is 6.32. The topological polar surface area (TPSA) is 52.4 Å². The van der Waals surface area contributed by atoms with Gasteiger partial charge in [-0.1, -0.05) is 32.4 Å². The van der Waals surface area contributed by atoms with E-state index in [1.54, 1.807) is 0 Å². The normalized spacial score (nSPS) is 14.4. The van der Waals surface area contributed by atoms with Gasteiger partial charge in [0.05, 0.1) is 17.6 Å². The van der Waals surface area contributed by atoms with Crippen molar-refractivity contribution < 1.29 is 18.4 Å². The molecule has 0 bridgehead atoms. The average molecular weight is 285 g/mol. The Bertz CT molecular complexity index is 491. The Labute approximate surface area is 116 Å². The molecular formula is C14H17F2NO3. The Morgan fingerprint density at radius 3 is 2.75 bits per heavy atom. The largest absolute Gasteiger partial charge is 0.369 e. The number of hydrogen-bond donors (Lipinski definition) is 0. The second-order valence-electron chi connectivity index (χ2n) is 4.50. The molecule has 6 heteroatoms. The third-order valence-electron chi connectivity index (χ3n) is 3.07. The fourth-order valence-corrected chi connectivity index (χ4v) is 1.64. The highest BCUT2D eigenvalue weighted by Crippen LogP contribution is 2.18. The summed E-state index contributed by atoms with van der Waals surface area (Å²) in [7, 11) is 0. The van der Waals surface area contributed by atoms with Crippen molar-refractivity contribution in [3.8, 4) is 0 Å². The van der Waals surface area contributed by atoms with E-state index in [4.69, 9.17) is 4.74 Å². The number of hydrogen-bond acceptors (Lipinski definition) is 3. The average Bonchev–Trinajstić information content (AvgIpc) is 2.42. The van der Waals surface area contributed by atoms with E-state index in [0.717, 1.165) is 18.7 Å². The van der Waals surface area contributed by atoms with Crippen LogP contribution in [0.3, 0.4) is 0 Å². The van der Waals surface area contributed by atoms with Gasteiger partial charge in [-0.15, -0.1) is 0 Å². The van der Waals surface area contributed by atoms with Crippen molar-refractivity contribution in [2.24, 2.45) is 5.92 Å². The van der Waals surface area contributed by atoms with Gasteiger partial charge < -0.3 is 4.74 Å². The highest BCUT2D eigenvalue weighted by atomic mass is 19.2. The molecule has 0 aliphatic heterocycles. The zero-order chi connectivity index (χ0) is 15.1. The van der Waals surface area contributed by atoms with Crippen LogP contribution in [-0.2, 0) is 11.3 Å².